The molecule has 0 aliphatic carbocycles. The van der Waals surface area contributed by atoms with Crippen molar-refractivity contribution < 1.29 is 14.3 Å². The highest BCUT2D eigenvalue weighted by molar-refractivity contribution is 6.35. The third-order valence-electron chi connectivity index (χ3n) is 3.36. The van der Waals surface area contributed by atoms with Crippen LogP contribution in [0.25, 0.3) is 10.8 Å². The summed E-state index contributed by atoms with van der Waals surface area (Å²) in [7, 11) is 1.58. The molecule has 0 spiro atoms. The van der Waals surface area contributed by atoms with Gasteiger partial charge in [-0.05, 0) is 36.4 Å². The Labute approximate surface area is 133 Å². The number of esters is 1. The van der Waals surface area contributed by atoms with Gasteiger partial charge in [-0.2, -0.15) is 0 Å². The minimum atomic E-state index is -0.421. The lowest BCUT2D eigenvalue weighted by molar-refractivity contribution is 0.0737. The van der Waals surface area contributed by atoms with Crippen LogP contribution in [0.3, 0.4) is 0 Å². The van der Waals surface area contributed by atoms with Crippen molar-refractivity contribution in [2.45, 2.75) is 0 Å². The molecule has 0 aliphatic heterocycles. The van der Waals surface area contributed by atoms with Crippen molar-refractivity contribution in [3.8, 4) is 11.5 Å². The van der Waals surface area contributed by atoms with Crippen LogP contribution < -0.4 is 9.47 Å². The number of methoxy groups -OCH3 is 1. The number of hydrogen-bond donors (Lipinski definition) is 0. The van der Waals surface area contributed by atoms with Gasteiger partial charge in [0.2, 0.25) is 0 Å². The number of carbonyl (C=O) groups is 1. The van der Waals surface area contributed by atoms with Gasteiger partial charge in [-0.3, -0.25) is 0 Å². The quantitative estimate of drug-likeness (QED) is 0.518. The summed E-state index contributed by atoms with van der Waals surface area (Å²) in [4.78, 5) is 12.2. The fourth-order valence-corrected chi connectivity index (χ4v) is 2.44. The summed E-state index contributed by atoms with van der Waals surface area (Å²) in [5.41, 5.74) is 0.458. The van der Waals surface area contributed by atoms with Crippen molar-refractivity contribution >= 4 is 28.3 Å². The Morgan fingerprint density at radius 2 is 1.59 bits per heavy atom. The Bertz CT molecular complexity index is 825. The van der Waals surface area contributed by atoms with Gasteiger partial charge in [0.15, 0.2) is 0 Å². The van der Waals surface area contributed by atoms with Crippen LogP contribution in [0.2, 0.25) is 5.02 Å². The first-order valence-electron chi connectivity index (χ1n) is 6.72. The highest BCUT2D eigenvalue weighted by atomic mass is 35.5. The SMILES string of the molecule is COc1ccc(C(=O)Oc2ccc(Cl)c3ccccc23)cc1. The maximum atomic E-state index is 12.2. The standard InChI is InChI=1S/C18H13ClO3/c1-21-13-8-6-12(7-9-13)18(20)22-17-11-10-16(19)14-4-2-3-5-15(14)17/h2-11H,1H3. The second-order valence-electron chi connectivity index (χ2n) is 4.71. The van der Waals surface area contributed by atoms with E-state index in [1.165, 1.54) is 0 Å². The normalized spacial score (nSPS) is 10.5. The first-order valence-corrected chi connectivity index (χ1v) is 7.10. The lowest BCUT2D eigenvalue weighted by Gasteiger charge is -2.09. The fourth-order valence-electron chi connectivity index (χ4n) is 2.21. The van der Waals surface area contributed by atoms with Crippen LogP contribution in [0.4, 0.5) is 0 Å². The molecule has 3 rings (SSSR count). The molecular formula is C18H13ClO3. The summed E-state index contributed by atoms with van der Waals surface area (Å²) in [5, 5.41) is 2.28. The minimum Gasteiger partial charge on any atom is -0.497 e. The number of carbonyl (C=O) groups excluding carboxylic acids is 1. The second kappa shape index (κ2) is 6.08. The van der Waals surface area contributed by atoms with E-state index >= 15 is 0 Å². The molecule has 0 amide bonds. The van der Waals surface area contributed by atoms with Gasteiger partial charge in [0.25, 0.3) is 0 Å². The van der Waals surface area contributed by atoms with E-state index in [2.05, 4.69) is 0 Å². The summed E-state index contributed by atoms with van der Waals surface area (Å²) in [6.07, 6.45) is 0. The van der Waals surface area contributed by atoms with Gasteiger partial charge in [0.05, 0.1) is 12.7 Å². The summed E-state index contributed by atoms with van der Waals surface area (Å²) < 4.78 is 10.6. The first-order chi connectivity index (χ1) is 10.7. The lowest BCUT2D eigenvalue weighted by Crippen LogP contribution is -2.08. The summed E-state index contributed by atoms with van der Waals surface area (Å²) in [6.45, 7) is 0. The van der Waals surface area contributed by atoms with Crippen LogP contribution >= 0.6 is 11.6 Å². The summed E-state index contributed by atoms with van der Waals surface area (Å²) >= 11 is 6.16. The number of fused-ring (bicyclic) bond motifs is 1. The van der Waals surface area contributed by atoms with Gasteiger partial charge in [-0.1, -0.05) is 35.9 Å². The molecule has 0 saturated carbocycles. The Balaban J connectivity index is 1.92. The van der Waals surface area contributed by atoms with Crippen LogP contribution in [0.5, 0.6) is 11.5 Å². The topological polar surface area (TPSA) is 35.5 Å². The third-order valence-corrected chi connectivity index (χ3v) is 3.69. The van der Waals surface area contributed by atoms with Crippen LogP contribution in [0.15, 0.2) is 60.7 Å². The number of hydrogen-bond acceptors (Lipinski definition) is 3. The highest BCUT2D eigenvalue weighted by Gasteiger charge is 2.12. The second-order valence-corrected chi connectivity index (χ2v) is 5.12. The number of rotatable bonds is 3. The van der Waals surface area contributed by atoms with E-state index in [1.807, 2.05) is 24.3 Å². The Kier molecular flexibility index (Phi) is 3.98. The van der Waals surface area contributed by atoms with E-state index in [-0.39, 0.29) is 0 Å². The minimum absolute atomic E-state index is 0.421. The fraction of sp³-hybridized carbons (Fsp3) is 0.0556. The molecule has 0 heterocycles. The predicted molar refractivity (Wildman–Crippen MR) is 86.9 cm³/mol. The summed E-state index contributed by atoms with van der Waals surface area (Å²) in [6, 6.07) is 17.7. The zero-order valence-electron chi connectivity index (χ0n) is 11.9. The van der Waals surface area contributed by atoms with Crippen LogP contribution in [-0.2, 0) is 0 Å². The number of ether oxygens (including phenoxy) is 2. The summed E-state index contributed by atoms with van der Waals surface area (Å²) in [5.74, 6) is 0.754. The molecule has 0 radical (unpaired) electrons. The molecule has 3 nitrogen and oxygen atoms in total. The van der Waals surface area contributed by atoms with Crippen LogP contribution in [0.1, 0.15) is 10.4 Å². The van der Waals surface area contributed by atoms with Crippen molar-refractivity contribution in [1.82, 2.24) is 0 Å². The third kappa shape index (κ3) is 2.76. The van der Waals surface area contributed by atoms with Gasteiger partial charge in [0, 0.05) is 15.8 Å². The van der Waals surface area contributed by atoms with Gasteiger partial charge in [0.1, 0.15) is 11.5 Å². The maximum absolute atomic E-state index is 12.2. The molecule has 0 bridgehead atoms. The molecule has 3 aromatic carbocycles. The molecule has 4 heteroatoms. The molecule has 0 aromatic heterocycles. The Hall–Kier alpha value is -2.52. The van der Waals surface area contributed by atoms with E-state index < -0.39 is 5.97 Å². The molecular weight excluding hydrogens is 300 g/mol. The molecule has 3 aromatic rings. The predicted octanol–water partition coefficient (Wildman–Crippen LogP) is 4.72. The van der Waals surface area contributed by atoms with Crippen molar-refractivity contribution in [3.05, 3.63) is 71.2 Å². The molecule has 0 fully saturated rings. The zero-order chi connectivity index (χ0) is 15.5. The molecule has 110 valence electrons. The van der Waals surface area contributed by atoms with Gasteiger partial charge in [-0.25, -0.2) is 4.79 Å². The Morgan fingerprint density at radius 1 is 0.909 bits per heavy atom. The maximum Gasteiger partial charge on any atom is 0.343 e. The van der Waals surface area contributed by atoms with Gasteiger partial charge < -0.3 is 9.47 Å². The van der Waals surface area contributed by atoms with E-state index in [0.717, 1.165) is 10.8 Å². The van der Waals surface area contributed by atoms with Gasteiger partial charge in [-0.15, -0.1) is 0 Å². The van der Waals surface area contributed by atoms with Crippen molar-refractivity contribution in [1.29, 1.82) is 0 Å². The molecule has 0 aliphatic rings. The van der Waals surface area contributed by atoms with Crippen molar-refractivity contribution in [2.75, 3.05) is 7.11 Å². The highest BCUT2D eigenvalue weighted by Crippen LogP contribution is 2.31. The molecule has 0 atom stereocenters. The largest absolute Gasteiger partial charge is 0.497 e. The average molecular weight is 313 g/mol. The number of benzene rings is 3. The molecule has 0 unspecified atom stereocenters. The van der Waals surface area contributed by atoms with Crippen molar-refractivity contribution in [3.63, 3.8) is 0 Å². The monoisotopic (exact) mass is 312 g/mol. The van der Waals surface area contributed by atoms with E-state index in [0.29, 0.717) is 22.1 Å². The lowest BCUT2D eigenvalue weighted by atomic mass is 10.1. The van der Waals surface area contributed by atoms with Gasteiger partial charge >= 0.3 is 5.97 Å². The Morgan fingerprint density at radius 3 is 2.27 bits per heavy atom. The smallest absolute Gasteiger partial charge is 0.343 e. The molecule has 0 saturated heterocycles. The average Bonchev–Trinajstić information content (AvgIpc) is 2.57. The van der Waals surface area contributed by atoms with Crippen LogP contribution in [-0.4, -0.2) is 13.1 Å². The first kappa shape index (κ1) is 14.4. The zero-order valence-corrected chi connectivity index (χ0v) is 12.6. The number of halogens is 1. The van der Waals surface area contributed by atoms with E-state index in [9.17, 15) is 4.79 Å². The van der Waals surface area contributed by atoms with E-state index in [4.69, 9.17) is 21.1 Å². The molecule has 22 heavy (non-hydrogen) atoms. The van der Waals surface area contributed by atoms with Crippen molar-refractivity contribution in [2.24, 2.45) is 0 Å². The van der Waals surface area contributed by atoms with E-state index in [1.54, 1.807) is 43.5 Å². The van der Waals surface area contributed by atoms with Crippen LogP contribution in [0, 0.1) is 0 Å². The molecule has 0 N–H and O–H groups in total.